The number of rotatable bonds is 6. The van der Waals surface area contributed by atoms with Crippen LogP contribution >= 0.6 is 0 Å². The molecule has 2 aromatic rings. The van der Waals surface area contributed by atoms with Crippen LogP contribution in [0.1, 0.15) is 25.7 Å². The lowest BCUT2D eigenvalue weighted by Gasteiger charge is -2.33. The van der Waals surface area contributed by atoms with E-state index in [0.29, 0.717) is 18.7 Å². The zero-order valence-corrected chi connectivity index (χ0v) is 19.6. The van der Waals surface area contributed by atoms with Gasteiger partial charge < -0.3 is 20.3 Å². The molecule has 2 fully saturated rings. The highest BCUT2D eigenvalue weighted by atomic mass is 19.4. The van der Waals surface area contributed by atoms with Gasteiger partial charge in [0.25, 0.3) is 11.8 Å². The molecule has 37 heavy (non-hydrogen) atoms. The van der Waals surface area contributed by atoms with Crippen LogP contribution in [0.25, 0.3) is 0 Å². The Morgan fingerprint density at radius 1 is 0.973 bits per heavy atom. The van der Waals surface area contributed by atoms with Gasteiger partial charge in [0.15, 0.2) is 0 Å². The molecule has 3 amide bonds. The van der Waals surface area contributed by atoms with Gasteiger partial charge >= 0.3 is 6.36 Å². The van der Waals surface area contributed by atoms with Crippen molar-refractivity contribution in [3.05, 3.63) is 48.5 Å². The molecule has 1 atom stereocenters. The molecule has 1 unspecified atom stereocenters. The summed E-state index contributed by atoms with van der Waals surface area (Å²) < 4.78 is 41.2. The maximum atomic E-state index is 13.5. The molecule has 2 aliphatic heterocycles. The predicted octanol–water partition coefficient (Wildman–Crippen LogP) is 3.73. The summed E-state index contributed by atoms with van der Waals surface area (Å²) >= 11 is 0. The zero-order valence-electron chi connectivity index (χ0n) is 19.6. The van der Waals surface area contributed by atoms with Gasteiger partial charge in [-0.25, -0.2) is 4.99 Å². The van der Waals surface area contributed by atoms with Crippen LogP contribution in [0, 0.1) is 11.3 Å². The molecule has 194 valence electrons. The van der Waals surface area contributed by atoms with Crippen LogP contribution in [0.3, 0.4) is 0 Å². The molecule has 2 aromatic carbocycles. The highest BCUT2D eigenvalue weighted by Crippen LogP contribution is 2.30. The summed E-state index contributed by atoms with van der Waals surface area (Å²) in [6.07, 6.45) is -2.41. The second kappa shape index (κ2) is 10.4. The van der Waals surface area contributed by atoms with Gasteiger partial charge in [-0.05, 0) is 67.8 Å². The number of piperidine rings is 2. The maximum absolute atomic E-state index is 13.5. The van der Waals surface area contributed by atoms with Crippen LogP contribution < -0.4 is 20.3 Å². The summed E-state index contributed by atoms with van der Waals surface area (Å²) in [5.41, 5.74) is 6.07. The Morgan fingerprint density at radius 2 is 1.59 bits per heavy atom. The number of primary amides is 1. The monoisotopic (exact) mass is 515 g/mol. The summed E-state index contributed by atoms with van der Waals surface area (Å²) in [5.74, 6) is -2.95. The smallest absolute Gasteiger partial charge is 0.406 e. The van der Waals surface area contributed by atoms with Gasteiger partial charge in [-0.3, -0.25) is 19.8 Å². The number of amides is 3. The average Bonchev–Trinajstić information content (AvgIpc) is 2.85. The number of nitrogens with zero attached hydrogens (tertiary/aromatic N) is 3. The summed E-state index contributed by atoms with van der Waals surface area (Å²) in [6.45, 7) is 0.805. The Morgan fingerprint density at radius 3 is 2.16 bits per heavy atom. The van der Waals surface area contributed by atoms with E-state index in [9.17, 15) is 27.6 Å². The van der Waals surface area contributed by atoms with Crippen LogP contribution in [-0.4, -0.2) is 48.6 Å². The van der Waals surface area contributed by atoms with Gasteiger partial charge in [-0.15, -0.1) is 13.2 Å². The lowest BCUT2D eigenvalue weighted by atomic mass is 9.88. The number of ether oxygens (including phenoxy) is 1. The van der Waals surface area contributed by atoms with E-state index in [4.69, 9.17) is 11.1 Å². The van der Waals surface area contributed by atoms with E-state index in [0.717, 1.165) is 30.7 Å². The van der Waals surface area contributed by atoms with Gasteiger partial charge in [-0.1, -0.05) is 0 Å². The Hall–Kier alpha value is -4.22. The lowest BCUT2D eigenvalue weighted by molar-refractivity contribution is -0.274. The minimum atomic E-state index is -4.86. The normalized spacial score (nSPS) is 19.8. The number of aliphatic imine (C=N–C) groups is 1. The van der Waals surface area contributed by atoms with Gasteiger partial charge in [0.2, 0.25) is 5.91 Å². The number of benzene rings is 2. The molecule has 0 aliphatic carbocycles. The fourth-order valence-corrected chi connectivity index (χ4v) is 4.36. The summed E-state index contributed by atoms with van der Waals surface area (Å²) in [4.78, 5) is 44.8. The molecule has 4 rings (SSSR count). The first-order valence-electron chi connectivity index (χ1n) is 11.6. The van der Waals surface area contributed by atoms with Crippen LogP contribution in [0.15, 0.2) is 53.5 Å². The second-order valence-corrected chi connectivity index (χ2v) is 8.63. The van der Waals surface area contributed by atoms with Crippen molar-refractivity contribution in [1.82, 2.24) is 0 Å². The predicted molar refractivity (Wildman–Crippen MR) is 130 cm³/mol. The maximum Gasteiger partial charge on any atom is 0.573 e. The molecule has 0 saturated carbocycles. The molecule has 0 spiro atoms. The molecule has 2 aliphatic rings. The fraction of sp³-hybridized carbons (Fsp3) is 0.320. The van der Waals surface area contributed by atoms with E-state index in [2.05, 4.69) is 9.73 Å². The van der Waals surface area contributed by atoms with E-state index >= 15 is 0 Å². The van der Waals surface area contributed by atoms with Crippen molar-refractivity contribution in [2.45, 2.75) is 32.0 Å². The highest BCUT2D eigenvalue weighted by Gasteiger charge is 2.38. The van der Waals surface area contributed by atoms with Crippen LogP contribution in [-0.2, 0) is 14.4 Å². The summed E-state index contributed by atoms with van der Waals surface area (Å²) in [7, 11) is 0. The van der Waals surface area contributed by atoms with Crippen molar-refractivity contribution in [2.24, 2.45) is 16.6 Å². The molecule has 2 saturated heterocycles. The first-order chi connectivity index (χ1) is 17.5. The van der Waals surface area contributed by atoms with Crippen molar-refractivity contribution >= 4 is 46.2 Å². The van der Waals surface area contributed by atoms with Gasteiger partial charge in [-0.2, -0.15) is 0 Å². The van der Waals surface area contributed by atoms with E-state index in [1.54, 1.807) is 29.2 Å². The quantitative estimate of drug-likeness (QED) is 0.568. The Labute approximate surface area is 210 Å². The number of nitrogens with one attached hydrogen (secondary N) is 1. The molecule has 0 bridgehead atoms. The molecular weight excluding hydrogens is 491 g/mol. The van der Waals surface area contributed by atoms with E-state index in [1.165, 1.54) is 17.0 Å². The van der Waals surface area contributed by atoms with Gasteiger partial charge in [0.05, 0.1) is 11.6 Å². The number of hydrogen-bond donors (Lipinski definition) is 2. The number of anilines is 2. The second-order valence-electron chi connectivity index (χ2n) is 8.63. The van der Waals surface area contributed by atoms with Crippen molar-refractivity contribution in [3.63, 3.8) is 0 Å². The number of carbonyl (C=O) groups excluding carboxylic acids is 3. The number of carbonyl (C=O) groups is 3. The lowest BCUT2D eigenvalue weighted by Crippen LogP contribution is -2.50. The zero-order chi connectivity index (χ0) is 26.7. The number of halogens is 3. The molecule has 3 N–H and O–H groups in total. The highest BCUT2D eigenvalue weighted by molar-refractivity contribution is 6.54. The third-order valence-corrected chi connectivity index (χ3v) is 6.17. The van der Waals surface area contributed by atoms with Crippen molar-refractivity contribution in [3.8, 4) is 5.75 Å². The minimum Gasteiger partial charge on any atom is -0.406 e. The molecule has 9 nitrogen and oxygen atoms in total. The molecular formula is C25H24F3N5O4. The SMILES string of the molecule is N=C(C(N)=O)C1CCN(c2ccc(N3CCCCC3=O)cc2)C(=O)C1=Nc1ccc(OC(F)(F)F)cc1. The van der Waals surface area contributed by atoms with Crippen LogP contribution in [0.2, 0.25) is 0 Å². The number of alkyl halides is 3. The van der Waals surface area contributed by atoms with E-state index in [-0.39, 0.29) is 30.3 Å². The first kappa shape index (κ1) is 25.9. The van der Waals surface area contributed by atoms with Crippen LogP contribution in [0.5, 0.6) is 5.75 Å². The number of nitrogens with two attached hydrogens (primary N) is 1. The van der Waals surface area contributed by atoms with Crippen molar-refractivity contribution in [1.29, 1.82) is 5.41 Å². The Balaban J connectivity index is 1.61. The Kier molecular flexibility index (Phi) is 7.28. The third-order valence-electron chi connectivity index (χ3n) is 6.17. The average molecular weight is 515 g/mol. The molecule has 0 aromatic heterocycles. The first-order valence-corrected chi connectivity index (χ1v) is 11.6. The topological polar surface area (TPSA) is 129 Å². The largest absolute Gasteiger partial charge is 0.573 e. The Bertz CT molecular complexity index is 1240. The van der Waals surface area contributed by atoms with Crippen LogP contribution in [0.4, 0.5) is 30.2 Å². The van der Waals surface area contributed by atoms with Crippen molar-refractivity contribution < 1.29 is 32.3 Å². The van der Waals surface area contributed by atoms with Gasteiger partial charge in [0.1, 0.15) is 17.2 Å². The standard InChI is InChI=1S/C25H24F3N5O4/c26-25(27,28)37-18-10-4-15(5-11-18)31-22-19(21(29)23(30)35)12-14-33(24(22)36)17-8-6-16(7-9-17)32-13-2-1-3-20(32)34/h4-11,19,29H,1-3,12-14H2,(H2,30,35). The van der Waals surface area contributed by atoms with E-state index in [1.807, 2.05) is 0 Å². The fourth-order valence-electron chi connectivity index (χ4n) is 4.36. The third kappa shape index (κ3) is 5.96. The molecule has 12 heteroatoms. The molecule has 2 heterocycles. The van der Waals surface area contributed by atoms with Crippen molar-refractivity contribution in [2.75, 3.05) is 22.9 Å². The summed E-state index contributed by atoms with van der Waals surface area (Å²) in [5, 5.41) is 8.08. The number of hydrogen-bond acceptors (Lipinski definition) is 6. The van der Waals surface area contributed by atoms with E-state index < -0.39 is 35.6 Å². The molecule has 0 radical (unpaired) electrons. The van der Waals surface area contributed by atoms with Gasteiger partial charge in [0, 0.05) is 30.9 Å². The summed E-state index contributed by atoms with van der Waals surface area (Å²) in [6, 6.07) is 11.5. The minimum absolute atomic E-state index is 0.0435.